The van der Waals surface area contributed by atoms with Gasteiger partial charge in [-0.3, -0.25) is 14.9 Å². The lowest BCUT2D eigenvalue weighted by molar-refractivity contribution is -0.428. The smallest absolute Gasteiger partial charge is 0.303 e. The van der Waals surface area contributed by atoms with Crippen molar-refractivity contribution in [2.24, 2.45) is 0 Å². The zero-order chi connectivity index (χ0) is 17.3. The van der Waals surface area contributed by atoms with Gasteiger partial charge in [0.05, 0.1) is 4.92 Å². The summed E-state index contributed by atoms with van der Waals surface area (Å²) in [5.74, 6) is -0.841. The number of nitrogens with zero attached hydrogens (tertiary/aromatic N) is 1. The topological polar surface area (TPSA) is 80.4 Å². The van der Waals surface area contributed by atoms with E-state index in [1.807, 2.05) is 0 Å². The molecule has 0 amide bonds. The van der Waals surface area contributed by atoms with Crippen LogP contribution in [0.25, 0.3) is 0 Å². The molecule has 0 atom stereocenters. The van der Waals surface area contributed by atoms with Crippen LogP contribution in [-0.4, -0.2) is 16.0 Å². The van der Waals surface area contributed by atoms with E-state index in [9.17, 15) is 14.9 Å². The number of rotatable bonds is 16. The van der Waals surface area contributed by atoms with E-state index in [1.165, 1.54) is 44.9 Å². The standard InChI is InChI=1S/C18H33NO4/c1-2-3-4-5-6-7-8-9-10-11-14-17(19(22)23)15-12-13-16-18(20)21/h14H,2-13,15-16H2,1H3,(H,20,21)/b17-14+. The Morgan fingerprint density at radius 1 is 0.913 bits per heavy atom. The van der Waals surface area contributed by atoms with Gasteiger partial charge in [0.15, 0.2) is 0 Å². The summed E-state index contributed by atoms with van der Waals surface area (Å²) in [5.41, 5.74) is 0.245. The van der Waals surface area contributed by atoms with Crippen LogP contribution in [-0.2, 0) is 4.79 Å². The number of aliphatic carboxylic acids is 1. The predicted molar refractivity (Wildman–Crippen MR) is 93.0 cm³/mol. The molecule has 0 aliphatic heterocycles. The van der Waals surface area contributed by atoms with Crippen LogP contribution < -0.4 is 0 Å². The lowest BCUT2D eigenvalue weighted by atomic mass is 10.1. The number of nitro groups is 1. The molecular formula is C18H33NO4. The van der Waals surface area contributed by atoms with Gasteiger partial charge in [0.2, 0.25) is 5.70 Å². The maximum atomic E-state index is 10.9. The summed E-state index contributed by atoms with van der Waals surface area (Å²) in [7, 11) is 0. The van der Waals surface area contributed by atoms with Gasteiger partial charge in [-0.25, -0.2) is 0 Å². The highest BCUT2D eigenvalue weighted by atomic mass is 16.6. The summed E-state index contributed by atoms with van der Waals surface area (Å²) >= 11 is 0. The van der Waals surface area contributed by atoms with E-state index in [2.05, 4.69) is 6.92 Å². The van der Waals surface area contributed by atoms with Gasteiger partial charge in [0.1, 0.15) is 0 Å². The number of allylic oxidation sites excluding steroid dienone is 2. The quantitative estimate of drug-likeness (QED) is 0.223. The van der Waals surface area contributed by atoms with Gasteiger partial charge in [-0.1, -0.05) is 58.3 Å². The third kappa shape index (κ3) is 15.3. The fraction of sp³-hybridized carbons (Fsp3) is 0.833. The molecule has 5 nitrogen and oxygen atoms in total. The van der Waals surface area contributed by atoms with Crippen molar-refractivity contribution in [1.29, 1.82) is 0 Å². The van der Waals surface area contributed by atoms with Crippen molar-refractivity contribution in [3.8, 4) is 0 Å². The Labute approximate surface area is 140 Å². The molecule has 0 rings (SSSR count). The first-order valence-electron chi connectivity index (χ1n) is 9.13. The first-order valence-corrected chi connectivity index (χ1v) is 9.13. The fourth-order valence-electron chi connectivity index (χ4n) is 2.57. The second-order valence-electron chi connectivity index (χ2n) is 6.17. The van der Waals surface area contributed by atoms with E-state index in [-0.39, 0.29) is 17.0 Å². The SMILES string of the molecule is CCCCCCCCCCC/C=C(\CCCCC(=O)O)[N+](=O)[O-]. The number of carboxylic acid groups (broad SMARTS) is 1. The van der Waals surface area contributed by atoms with Crippen molar-refractivity contribution < 1.29 is 14.8 Å². The van der Waals surface area contributed by atoms with Gasteiger partial charge in [0, 0.05) is 12.8 Å². The minimum Gasteiger partial charge on any atom is -0.481 e. The summed E-state index contributed by atoms with van der Waals surface area (Å²) in [6, 6.07) is 0. The number of carbonyl (C=O) groups is 1. The van der Waals surface area contributed by atoms with E-state index >= 15 is 0 Å². The minimum absolute atomic E-state index is 0.0866. The molecule has 0 aliphatic rings. The average molecular weight is 327 g/mol. The largest absolute Gasteiger partial charge is 0.481 e. The number of hydrogen-bond acceptors (Lipinski definition) is 3. The molecular weight excluding hydrogens is 294 g/mol. The van der Waals surface area contributed by atoms with Crippen molar-refractivity contribution in [2.45, 2.75) is 96.8 Å². The van der Waals surface area contributed by atoms with Crippen LogP contribution in [0.5, 0.6) is 0 Å². The maximum absolute atomic E-state index is 10.9. The van der Waals surface area contributed by atoms with E-state index < -0.39 is 5.97 Å². The molecule has 134 valence electrons. The number of hydrogen-bond donors (Lipinski definition) is 1. The van der Waals surface area contributed by atoms with Gasteiger partial charge >= 0.3 is 5.97 Å². The van der Waals surface area contributed by atoms with Gasteiger partial charge in [0.25, 0.3) is 0 Å². The Balaban J connectivity index is 3.66. The minimum atomic E-state index is -0.841. The van der Waals surface area contributed by atoms with E-state index in [1.54, 1.807) is 6.08 Å². The maximum Gasteiger partial charge on any atom is 0.303 e. The van der Waals surface area contributed by atoms with Crippen molar-refractivity contribution in [1.82, 2.24) is 0 Å². The molecule has 0 aliphatic carbocycles. The van der Waals surface area contributed by atoms with Crippen molar-refractivity contribution in [2.75, 3.05) is 0 Å². The normalized spacial score (nSPS) is 11.6. The number of unbranched alkanes of at least 4 members (excludes halogenated alkanes) is 10. The van der Waals surface area contributed by atoms with Crippen LogP contribution in [0.3, 0.4) is 0 Å². The molecule has 0 aromatic rings. The Bertz CT molecular complexity index is 353. The second-order valence-corrected chi connectivity index (χ2v) is 6.17. The van der Waals surface area contributed by atoms with Gasteiger partial charge in [-0.15, -0.1) is 0 Å². The van der Waals surface area contributed by atoms with Crippen molar-refractivity contribution >= 4 is 5.97 Å². The van der Waals surface area contributed by atoms with Crippen molar-refractivity contribution in [3.63, 3.8) is 0 Å². The summed E-state index contributed by atoms with van der Waals surface area (Å²) in [6.45, 7) is 2.22. The molecule has 1 N–H and O–H groups in total. The second kappa shape index (κ2) is 15.5. The zero-order valence-corrected chi connectivity index (χ0v) is 14.6. The molecule has 23 heavy (non-hydrogen) atoms. The summed E-state index contributed by atoms with van der Waals surface area (Å²) in [5, 5.41) is 19.5. The molecule has 0 spiro atoms. The van der Waals surface area contributed by atoms with Crippen LogP contribution in [0.4, 0.5) is 0 Å². The van der Waals surface area contributed by atoms with Crippen molar-refractivity contribution in [3.05, 3.63) is 21.9 Å². The molecule has 0 unspecified atom stereocenters. The first-order chi connectivity index (χ1) is 11.1. The lowest BCUT2D eigenvalue weighted by Crippen LogP contribution is -2.00. The number of carboxylic acids is 1. The summed E-state index contributed by atoms with van der Waals surface area (Å²) < 4.78 is 0. The van der Waals surface area contributed by atoms with Gasteiger partial charge < -0.3 is 5.11 Å². The Kier molecular flexibility index (Phi) is 14.6. The Morgan fingerprint density at radius 2 is 1.43 bits per heavy atom. The van der Waals surface area contributed by atoms with Crippen LogP contribution in [0.2, 0.25) is 0 Å². The highest BCUT2D eigenvalue weighted by molar-refractivity contribution is 5.66. The molecule has 0 aromatic heterocycles. The molecule has 0 radical (unpaired) electrons. The molecule has 0 bridgehead atoms. The molecule has 5 heteroatoms. The molecule has 0 saturated heterocycles. The molecule has 0 heterocycles. The Morgan fingerprint density at radius 3 is 1.96 bits per heavy atom. The summed E-state index contributed by atoms with van der Waals surface area (Å²) in [4.78, 5) is 21.0. The van der Waals surface area contributed by atoms with Crippen LogP contribution in [0, 0.1) is 10.1 Å². The molecule has 0 fully saturated rings. The zero-order valence-electron chi connectivity index (χ0n) is 14.6. The van der Waals surface area contributed by atoms with E-state index in [0.29, 0.717) is 19.3 Å². The Hall–Kier alpha value is -1.39. The molecule has 0 saturated carbocycles. The summed E-state index contributed by atoms with van der Waals surface area (Å²) in [6.07, 6.45) is 15.2. The monoisotopic (exact) mass is 327 g/mol. The van der Waals surface area contributed by atoms with Crippen LogP contribution >= 0.6 is 0 Å². The van der Waals surface area contributed by atoms with E-state index in [0.717, 1.165) is 19.3 Å². The van der Waals surface area contributed by atoms with Gasteiger partial charge in [-0.05, 0) is 31.8 Å². The third-order valence-corrected chi connectivity index (χ3v) is 4.00. The first kappa shape index (κ1) is 21.6. The average Bonchev–Trinajstić information content (AvgIpc) is 2.50. The lowest BCUT2D eigenvalue weighted by Gasteiger charge is -2.01. The highest BCUT2D eigenvalue weighted by Gasteiger charge is 2.10. The predicted octanol–water partition coefficient (Wildman–Crippen LogP) is 5.71. The third-order valence-electron chi connectivity index (χ3n) is 4.00. The highest BCUT2D eigenvalue weighted by Crippen LogP contribution is 2.14. The van der Waals surface area contributed by atoms with Crippen LogP contribution in [0.15, 0.2) is 11.8 Å². The van der Waals surface area contributed by atoms with Gasteiger partial charge in [-0.2, -0.15) is 0 Å². The van der Waals surface area contributed by atoms with Crippen LogP contribution in [0.1, 0.15) is 96.8 Å². The van der Waals surface area contributed by atoms with E-state index in [4.69, 9.17) is 5.11 Å². The molecule has 0 aromatic carbocycles. The fourth-order valence-corrected chi connectivity index (χ4v) is 2.57.